The van der Waals surface area contributed by atoms with Crippen LogP contribution in [0.4, 0.5) is 0 Å². The number of hydrogen-bond acceptors (Lipinski definition) is 3. The predicted molar refractivity (Wildman–Crippen MR) is 135 cm³/mol. The van der Waals surface area contributed by atoms with E-state index in [2.05, 4.69) is 43.2 Å². The minimum absolute atomic E-state index is 0.0384. The first kappa shape index (κ1) is 22.7. The molecule has 0 saturated carbocycles. The van der Waals surface area contributed by atoms with Crippen molar-refractivity contribution in [3.05, 3.63) is 93.9 Å². The first-order valence-corrected chi connectivity index (χ1v) is 11.1. The Kier molecular flexibility index (Phi) is 5.36. The van der Waals surface area contributed by atoms with E-state index in [9.17, 15) is 9.90 Å². The van der Waals surface area contributed by atoms with Crippen molar-refractivity contribution < 1.29 is 14.6 Å². The highest BCUT2D eigenvalue weighted by atomic mass is 16.5. The summed E-state index contributed by atoms with van der Waals surface area (Å²) in [4.78, 5) is 13.3. The van der Waals surface area contributed by atoms with Crippen LogP contribution in [0.3, 0.4) is 0 Å². The van der Waals surface area contributed by atoms with E-state index in [1.165, 1.54) is 0 Å². The van der Waals surface area contributed by atoms with Crippen LogP contribution in [-0.4, -0.2) is 22.6 Å². The van der Waals surface area contributed by atoms with Crippen molar-refractivity contribution >= 4 is 22.3 Å². The zero-order chi connectivity index (χ0) is 24.2. The number of hydrogen-bond donors (Lipinski definition) is 1. The van der Waals surface area contributed by atoms with Crippen molar-refractivity contribution in [1.29, 1.82) is 0 Å². The molecule has 1 heterocycles. The van der Waals surface area contributed by atoms with Crippen LogP contribution in [0.15, 0.2) is 66.0 Å². The van der Waals surface area contributed by atoms with Crippen LogP contribution < -0.4 is 4.74 Å². The molecule has 2 aromatic carbocycles. The summed E-state index contributed by atoms with van der Waals surface area (Å²) in [6, 6.07) is 12.1. The second-order valence-electron chi connectivity index (χ2n) is 9.48. The van der Waals surface area contributed by atoms with Crippen molar-refractivity contribution in [3.8, 4) is 5.75 Å². The molecule has 0 aliphatic heterocycles. The average Bonchev–Trinajstić information content (AvgIpc) is 3.01. The summed E-state index contributed by atoms with van der Waals surface area (Å²) in [5.41, 5.74) is 7.10. The average molecular weight is 442 g/mol. The molecule has 0 radical (unpaired) electrons. The van der Waals surface area contributed by atoms with Gasteiger partial charge in [-0.2, -0.15) is 0 Å². The van der Waals surface area contributed by atoms with Gasteiger partial charge in [-0.05, 0) is 67.8 Å². The molecule has 170 valence electrons. The van der Waals surface area contributed by atoms with E-state index >= 15 is 0 Å². The van der Waals surface area contributed by atoms with Gasteiger partial charge in [0.25, 0.3) is 0 Å². The third-order valence-corrected chi connectivity index (χ3v) is 7.10. The van der Waals surface area contributed by atoms with E-state index < -0.39 is 5.41 Å². The summed E-state index contributed by atoms with van der Waals surface area (Å²) < 4.78 is 7.47. The number of benzene rings is 2. The zero-order valence-corrected chi connectivity index (χ0v) is 20.5. The van der Waals surface area contributed by atoms with Gasteiger partial charge in [0.1, 0.15) is 11.5 Å². The molecule has 0 amide bonds. The maximum absolute atomic E-state index is 13.3. The Morgan fingerprint density at radius 3 is 2.45 bits per heavy atom. The number of ketones is 1. The number of carbonyl (C=O) groups is 1. The summed E-state index contributed by atoms with van der Waals surface area (Å²) >= 11 is 0. The van der Waals surface area contributed by atoms with Gasteiger partial charge in [-0.15, -0.1) is 0 Å². The highest BCUT2D eigenvalue weighted by Crippen LogP contribution is 2.44. The molecule has 0 bridgehead atoms. The fourth-order valence-corrected chi connectivity index (χ4v) is 4.72. The highest BCUT2D eigenvalue weighted by molar-refractivity contribution is 6.40. The molecule has 1 aliphatic rings. The molecule has 0 atom stereocenters. The number of aromatic nitrogens is 1. The molecule has 4 nitrogen and oxygen atoms in total. The van der Waals surface area contributed by atoms with Crippen molar-refractivity contribution in [1.82, 2.24) is 4.57 Å². The molecule has 1 aromatic heterocycles. The second kappa shape index (κ2) is 7.80. The van der Waals surface area contributed by atoms with Gasteiger partial charge in [0.15, 0.2) is 0 Å². The lowest BCUT2D eigenvalue weighted by atomic mass is 9.73. The van der Waals surface area contributed by atoms with Gasteiger partial charge in [0.05, 0.1) is 18.3 Å². The third kappa shape index (κ3) is 3.41. The maximum Gasteiger partial charge on any atom is 0.201 e. The Morgan fingerprint density at radius 2 is 1.82 bits per heavy atom. The predicted octanol–water partition coefficient (Wildman–Crippen LogP) is 6.42. The lowest BCUT2D eigenvalue weighted by molar-refractivity contribution is -0.111. The number of fused-ring (bicyclic) bond motifs is 1. The van der Waals surface area contributed by atoms with Crippen LogP contribution in [0.5, 0.6) is 5.75 Å². The molecule has 33 heavy (non-hydrogen) atoms. The quantitative estimate of drug-likeness (QED) is 0.465. The van der Waals surface area contributed by atoms with Crippen molar-refractivity contribution in [3.63, 3.8) is 0 Å². The lowest BCUT2D eigenvalue weighted by Crippen LogP contribution is -2.25. The van der Waals surface area contributed by atoms with E-state index in [4.69, 9.17) is 4.74 Å². The molecule has 1 aliphatic carbocycles. The van der Waals surface area contributed by atoms with Crippen LogP contribution in [0.25, 0.3) is 16.5 Å². The van der Waals surface area contributed by atoms with Gasteiger partial charge in [0, 0.05) is 34.6 Å². The van der Waals surface area contributed by atoms with Crippen molar-refractivity contribution in [2.24, 2.45) is 7.05 Å². The molecule has 3 aromatic rings. The number of aliphatic hydroxyl groups is 1. The van der Waals surface area contributed by atoms with Crippen LogP contribution in [0.2, 0.25) is 0 Å². The van der Waals surface area contributed by atoms with Crippen molar-refractivity contribution in [2.45, 2.75) is 40.0 Å². The maximum atomic E-state index is 13.3. The summed E-state index contributed by atoms with van der Waals surface area (Å²) in [6.45, 7) is 14.5. The summed E-state index contributed by atoms with van der Waals surface area (Å²) in [7, 11) is 3.63. The zero-order valence-electron chi connectivity index (χ0n) is 20.5. The van der Waals surface area contributed by atoms with Crippen molar-refractivity contribution in [2.75, 3.05) is 7.11 Å². The van der Waals surface area contributed by atoms with Crippen LogP contribution in [0.1, 0.15) is 41.8 Å². The number of Topliss-reactive ketones (excluding diaryl/α,β-unsaturated/α-hetero) is 1. The summed E-state index contributed by atoms with van der Waals surface area (Å²) in [6.07, 6.45) is 1.73. The van der Waals surface area contributed by atoms with Gasteiger partial charge < -0.3 is 14.4 Å². The number of ether oxygens (including phenoxy) is 1. The molecule has 0 saturated heterocycles. The number of aryl methyl sites for hydroxylation is 3. The molecular weight excluding hydrogens is 410 g/mol. The molecule has 4 rings (SSSR count). The van der Waals surface area contributed by atoms with Gasteiger partial charge >= 0.3 is 0 Å². The lowest BCUT2D eigenvalue weighted by Gasteiger charge is -2.30. The Hall–Kier alpha value is -3.53. The molecule has 0 fully saturated rings. The first-order valence-electron chi connectivity index (χ1n) is 11.1. The SMILES string of the molecule is C=C(/C=C1/C(=O)C(c2c(C)n(C)c3ccc(C)cc23)=C1O)C(C)(C)c1cc(OC)ccc1C. The Morgan fingerprint density at radius 1 is 1.12 bits per heavy atom. The van der Waals surface area contributed by atoms with E-state index in [1.54, 1.807) is 13.2 Å². The molecule has 1 N–H and O–H groups in total. The molecule has 0 spiro atoms. The van der Waals surface area contributed by atoms with E-state index in [-0.39, 0.29) is 11.5 Å². The summed E-state index contributed by atoms with van der Waals surface area (Å²) in [5, 5.41) is 12.0. The largest absolute Gasteiger partial charge is 0.506 e. The minimum atomic E-state index is -0.450. The molecule has 4 heteroatoms. The fourth-order valence-electron chi connectivity index (χ4n) is 4.72. The second-order valence-corrected chi connectivity index (χ2v) is 9.48. The van der Waals surface area contributed by atoms with E-state index in [0.717, 1.165) is 50.2 Å². The van der Waals surface area contributed by atoms with Gasteiger partial charge in [-0.1, -0.05) is 38.1 Å². The normalized spacial score (nSPS) is 15.4. The van der Waals surface area contributed by atoms with Crippen LogP contribution in [0, 0.1) is 20.8 Å². The number of methoxy groups -OCH3 is 1. The van der Waals surface area contributed by atoms with Crippen LogP contribution in [-0.2, 0) is 17.3 Å². The molecular formula is C29H31NO3. The monoisotopic (exact) mass is 441 g/mol. The Balaban J connectivity index is 1.77. The number of aliphatic hydroxyl groups excluding tert-OH is 1. The number of rotatable bonds is 5. The fraction of sp³-hybridized carbons (Fsp3) is 0.276. The Labute approximate surface area is 195 Å². The van der Waals surface area contributed by atoms with Gasteiger partial charge in [-0.25, -0.2) is 0 Å². The van der Waals surface area contributed by atoms with Crippen LogP contribution >= 0.6 is 0 Å². The minimum Gasteiger partial charge on any atom is -0.506 e. The number of allylic oxidation sites excluding steroid dienone is 4. The Bertz CT molecular complexity index is 1400. The van der Waals surface area contributed by atoms with E-state index in [1.807, 2.05) is 46.0 Å². The third-order valence-electron chi connectivity index (χ3n) is 7.10. The van der Waals surface area contributed by atoms with E-state index in [0.29, 0.717) is 11.1 Å². The summed E-state index contributed by atoms with van der Waals surface area (Å²) in [5.74, 6) is 0.663. The van der Waals surface area contributed by atoms with Gasteiger partial charge in [-0.3, -0.25) is 4.79 Å². The van der Waals surface area contributed by atoms with Gasteiger partial charge in [0.2, 0.25) is 5.78 Å². The topological polar surface area (TPSA) is 51.5 Å². The highest BCUT2D eigenvalue weighted by Gasteiger charge is 2.38. The first-order chi connectivity index (χ1) is 15.5. The smallest absolute Gasteiger partial charge is 0.201 e. The number of nitrogens with zero attached hydrogens (tertiary/aromatic N) is 1. The standard InChI is InChI=1S/C29H31NO3/c1-16-9-12-24-21(13-16)25(19(4)30(24)7)26-27(31)22(28(26)32)14-18(3)29(5,6)23-15-20(33-8)11-10-17(23)2/h9-15,31H,3H2,1-2,4-8H3/b22-14+. The number of carbonyl (C=O) groups excluding carboxylic acids is 1. The molecule has 0 unspecified atom stereocenters.